The molecule has 10 heteroatoms. The first-order valence-corrected chi connectivity index (χ1v) is 12.7. The van der Waals surface area contributed by atoms with Crippen LogP contribution in [0.4, 0.5) is 5.69 Å². The van der Waals surface area contributed by atoms with Crippen molar-refractivity contribution >= 4 is 23.5 Å². The number of carboxylic acid groups (broad SMARTS) is 2. The monoisotopic (exact) mass is 543 g/mol. The molecule has 2 aromatic heterocycles. The maximum absolute atomic E-state index is 13.7. The molecular formula is C30H33N5O5. The fourth-order valence-corrected chi connectivity index (χ4v) is 4.45. The molecule has 40 heavy (non-hydrogen) atoms. The van der Waals surface area contributed by atoms with Gasteiger partial charge in [0.1, 0.15) is 0 Å². The second-order valence-electron chi connectivity index (χ2n) is 9.21. The molecule has 5 N–H and O–H groups in total. The third kappa shape index (κ3) is 8.34. The number of piperidine rings is 1. The highest BCUT2D eigenvalue weighted by atomic mass is 16.4. The minimum atomic E-state index is -0.833. The first kappa shape index (κ1) is 29.7. The Hall–Kier alpha value is -4.83. The van der Waals surface area contributed by atoms with E-state index in [0.29, 0.717) is 0 Å². The lowest BCUT2D eigenvalue weighted by atomic mass is 9.72. The van der Waals surface area contributed by atoms with Crippen molar-refractivity contribution in [3.8, 4) is 22.3 Å². The Kier molecular flexibility index (Phi) is 10.7. The molecule has 0 spiro atoms. The maximum Gasteiger partial charge on any atom is 0.300 e. The highest BCUT2D eigenvalue weighted by molar-refractivity contribution is 5.99. The van der Waals surface area contributed by atoms with Crippen LogP contribution < -0.4 is 10.6 Å². The Balaban J connectivity index is 0.000000490. The molecule has 1 saturated heterocycles. The van der Waals surface area contributed by atoms with E-state index in [1.807, 2.05) is 48.8 Å². The van der Waals surface area contributed by atoms with Gasteiger partial charge in [-0.1, -0.05) is 42.5 Å². The number of anilines is 1. The second-order valence-corrected chi connectivity index (χ2v) is 9.21. The summed E-state index contributed by atoms with van der Waals surface area (Å²) in [5.41, 5.74) is 5.44. The Morgan fingerprint density at radius 2 is 1.48 bits per heavy atom. The van der Waals surface area contributed by atoms with Crippen molar-refractivity contribution in [2.45, 2.75) is 32.1 Å². The number of benzene rings is 2. The van der Waals surface area contributed by atoms with Gasteiger partial charge in [0.2, 0.25) is 5.91 Å². The van der Waals surface area contributed by atoms with Gasteiger partial charge in [0.25, 0.3) is 11.9 Å². The summed E-state index contributed by atoms with van der Waals surface area (Å²) in [6.07, 6.45) is 8.78. The van der Waals surface area contributed by atoms with Gasteiger partial charge in [0.05, 0.1) is 11.6 Å². The second kappa shape index (κ2) is 14.4. The first-order valence-electron chi connectivity index (χ1n) is 12.7. The number of carbonyl (C=O) groups excluding carboxylic acids is 1. The van der Waals surface area contributed by atoms with Gasteiger partial charge in [-0.25, -0.2) is 0 Å². The molecule has 1 aliphatic heterocycles. The zero-order chi connectivity index (χ0) is 29.0. The molecule has 1 aliphatic rings. The molecule has 0 unspecified atom stereocenters. The van der Waals surface area contributed by atoms with Crippen LogP contribution in [0.2, 0.25) is 0 Å². The summed E-state index contributed by atoms with van der Waals surface area (Å²) in [6, 6.07) is 20.2. The number of nitrogens with one attached hydrogen (secondary N) is 3. The van der Waals surface area contributed by atoms with Crippen LogP contribution in [0.15, 0.2) is 85.5 Å². The SMILES string of the molecule is CC(=O)O.CC(=O)O.O=C(Nc1cccc(-c2cccnc2)c1)C1(c2ccc(-c3cn[nH]c3)cc2)CCNCC1. The number of rotatable bonds is 5. The van der Waals surface area contributed by atoms with E-state index in [-0.39, 0.29) is 5.91 Å². The molecule has 10 nitrogen and oxygen atoms in total. The van der Waals surface area contributed by atoms with E-state index in [4.69, 9.17) is 19.8 Å². The Morgan fingerprint density at radius 1 is 0.825 bits per heavy atom. The van der Waals surface area contributed by atoms with Gasteiger partial charge < -0.3 is 20.8 Å². The number of hydrogen-bond acceptors (Lipinski definition) is 6. The van der Waals surface area contributed by atoms with Crippen molar-refractivity contribution < 1.29 is 24.6 Å². The van der Waals surface area contributed by atoms with Crippen LogP contribution in [0, 0.1) is 0 Å². The molecular weight excluding hydrogens is 510 g/mol. The summed E-state index contributed by atoms with van der Waals surface area (Å²) in [5, 5.41) is 28.3. The zero-order valence-corrected chi connectivity index (χ0v) is 22.4. The van der Waals surface area contributed by atoms with E-state index in [1.54, 1.807) is 12.4 Å². The van der Waals surface area contributed by atoms with Crippen molar-refractivity contribution in [2.24, 2.45) is 0 Å². The number of pyridine rings is 1. The lowest BCUT2D eigenvalue weighted by Gasteiger charge is -2.37. The maximum atomic E-state index is 13.7. The summed E-state index contributed by atoms with van der Waals surface area (Å²) in [7, 11) is 0. The molecule has 3 heterocycles. The summed E-state index contributed by atoms with van der Waals surface area (Å²) >= 11 is 0. The quantitative estimate of drug-likeness (QED) is 0.245. The van der Waals surface area contributed by atoms with Crippen molar-refractivity contribution in [1.29, 1.82) is 0 Å². The number of carbonyl (C=O) groups is 3. The van der Waals surface area contributed by atoms with E-state index in [9.17, 15) is 4.79 Å². The van der Waals surface area contributed by atoms with Gasteiger partial charge in [0, 0.05) is 49.3 Å². The summed E-state index contributed by atoms with van der Waals surface area (Å²) in [6.45, 7) is 3.79. The molecule has 0 atom stereocenters. The van der Waals surface area contributed by atoms with E-state index in [2.05, 4.69) is 50.1 Å². The third-order valence-electron chi connectivity index (χ3n) is 6.28. The highest BCUT2D eigenvalue weighted by Gasteiger charge is 2.41. The molecule has 0 radical (unpaired) electrons. The standard InChI is InChI=1S/C26H25N5O.2C2H4O2/c32-25(31-24-5-1-3-20(15-24)21-4-2-12-28-16-21)26(10-13-27-14-11-26)23-8-6-19(7-9-23)22-17-29-30-18-22;2*1-2(3)4/h1-9,12,15-18,27H,10-11,13-14H2,(H,29,30)(H,31,32);2*1H3,(H,3,4). The largest absolute Gasteiger partial charge is 0.481 e. The van der Waals surface area contributed by atoms with E-state index in [1.165, 1.54) is 0 Å². The molecule has 1 amide bonds. The average Bonchev–Trinajstić information content (AvgIpc) is 3.49. The van der Waals surface area contributed by atoms with Crippen LogP contribution in [-0.2, 0) is 19.8 Å². The molecule has 208 valence electrons. The van der Waals surface area contributed by atoms with E-state index < -0.39 is 17.4 Å². The fraction of sp³-hybridized carbons (Fsp3) is 0.233. The van der Waals surface area contributed by atoms with Crippen LogP contribution in [-0.4, -0.2) is 56.3 Å². The highest BCUT2D eigenvalue weighted by Crippen LogP contribution is 2.36. The first-order chi connectivity index (χ1) is 19.2. The summed E-state index contributed by atoms with van der Waals surface area (Å²) in [4.78, 5) is 35.9. The van der Waals surface area contributed by atoms with Gasteiger partial charge in [-0.3, -0.25) is 24.5 Å². The van der Waals surface area contributed by atoms with Crippen LogP contribution >= 0.6 is 0 Å². The zero-order valence-electron chi connectivity index (χ0n) is 22.4. The molecule has 4 aromatic rings. The molecule has 5 rings (SSSR count). The lowest BCUT2D eigenvalue weighted by Crippen LogP contribution is -2.48. The Morgan fingerprint density at radius 3 is 2.05 bits per heavy atom. The number of aliphatic carboxylic acids is 2. The van der Waals surface area contributed by atoms with Crippen molar-refractivity contribution in [2.75, 3.05) is 18.4 Å². The van der Waals surface area contributed by atoms with Crippen molar-refractivity contribution in [3.05, 3.63) is 91.0 Å². The van der Waals surface area contributed by atoms with E-state index in [0.717, 1.165) is 73.3 Å². The van der Waals surface area contributed by atoms with Gasteiger partial charge in [-0.05, 0) is 60.8 Å². The van der Waals surface area contributed by atoms with Crippen LogP contribution in [0.1, 0.15) is 32.3 Å². The summed E-state index contributed by atoms with van der Waals surface area (Å²) in [5.74, 6) is -1.63. The number of aromatic nitrogens is 3. The van der Waals surface area contributed by atoms with Crippen LogP contribution in [0.25, 0.3) is 22.3 Å². The number of aromatic amines is 1. The minimum Gasteiger partial charge on any atom is -0.481 e. The Bertz CT molecular complexity index is 1360. The van der Waals surface area contributed by atoms with Crippen LogP contribution in [0.3, 0.4) is 0 Å². The number of H-pyrrole nitrogens is 1. The molecule has 0 saturated carbocycles. The molecule has 0 bridgehead atoms. The minimum absolute atomic E-state index is 0.0402. The summed E-state index contributed by atoms with van der Waals surface area (Å²) < 4.78 is 0. The smallest absolute Gasteiger partial charge is 0.300 e. The fourth-order valence-electron chi connectivity index (χ4n) is 4.45. The predicted octanol–water partition coefficient (Wildman–Crippen LogP) is 4.58. The van der Waals surface area contributed by atoms with Gasteiger partial charge in [0.15, 0.2) is 0 Å². The van der Waals surface area contributed by atoms with Gasteiger partial charge in [-0.2, -0.15) is 5.10 Å². The van der Waals surface area contributed by atoms with Crippen molar-refractivity contribution in [1.82, 2.24) is 20.5 Å². The average molecular weight is 544 g/mol. The van der Waals surface area contributed by atoms with Crippen molar-refractivity contribution in [3.63, 3.8) is 0 Å². The third-order valence-corrected chi connectivity index (χ3v) is 6.28. The number of carboxylic acids is 2. The topological polar surface area (TPSA) is 157 Å². The lowest BCUT2D eigenvalue weighted by molar-refractivity contribution is -0.135. The molecule has 1 fully saturated rings. The van der Waals surface area contributed by atoms with Gasteiger partial charge >= 0.3 is 0 Å². The number of nitrogens with zero attached hydrogens (tertiary/aromatic N) is 2. The van der Waals surface area contributed by atoms with E-state index >= 15 is 0 Å². The Labute approximate surface area is 232 Å². The number of amides is 1. The van der Waals surface area contributed by atoms with Gasteiger partial charge in [-0.15, -0.1) is 0 Å². The molecule has 2 aromatic carbocycles. The molecule has 0 aliphatic carbocycles. The number of hydrogen-bond donors (Lipinski definition) is 5. The predicted molar refractivity (Wildman–Crippen MR) is 153 cm³/mol. The normalized spacial score (nSPS) is 13.4. The van der Waals surface area contributed by atoms with Crippen LogP contribution in [0.5, 0.6) is 0 Å².